The van der Waals surface area contributed by atoms with Gasteiger partial charge < -0.3 is 0 Å². The molecule has 2 atom stereocenters. The number of hydrogen-bond donors (Lipinski definition) is 0. The van der Waals surface area contributed by atoms with Gasteiger partial charge in [-0.25, -0.2) is 0 Å². The van der Waals surface area contributed by atoms with Gasteiger partial charge in [0, 0.05) is 0 Å². The first-order valence-electron chi connectivity index (χ1n) is 11.7. The fraction of sp³-hybridized carbons (Fsp3) is 0.200. The van der Waals surface area contributed by atoms with E-state index in [9.17, 15) is 0 Å². The van der Waals surface area contributed by atoms with Crippen LogP contribution in [0.15, 0.2) is 121 Å². The van der Waals surface area contributed by atoms with Gasteiger partial charge in [-0.1, -0.05) is 121 Å². The van der Waals surface area contributed by atoms with Crippen LogP contribution in [-0.2, 0) is 0 Å². The van der Waals surface area contributed by atoms with Gasteiger partial charge in [-0.2, -0.15) is 0 Å². The van der Waals surface area contributed by atoms with Gasteiger partial charge in [0.1, 0.15) is 0 Å². The van der Waals surface area contributed by atoms with Crippen LogP contribution < -0.4 is 21.2 Å². The van der Waals surface area contributed by atoms with Crippen LogP contribution >= 0.6 is 15.8 Å². The van der Waals surface area contributed by atoms with Gasteiger partial charge in [0.05, 0.1) is 0 Å². The average molecular weight is 451 g/mol. The van der Waals surface area contributed by atoms with Crippen molar-refractivity contribution in [3.63, 3.8) is 0 Å². The molecule has 4 aromatic carbocycles. The Balaban J connectivity index is 1.46. The van der Waals surface area contributed by atoms with Crippen LogP contribution in [0.4, 0.5) is 0 Å². The lowest BCUT2D eigenvalue weighted by atomic mass is 10.3. The number of rotatable bonds is 7. The van der Waals surface area contributed by atoms with Crippen LogP contribution in [-0.4, -0.2) is 11.3 Å². The highest BCUT2D eigenvalue weighted by Crippen LogP contribution is 2.72. The predicted octanol–water partition coefficient (Wildman–Crippen LogP) is 6.03. The Morgan fingerprint density at radius 1 is 0.406 bits per heavy atom. The first-order chi connectivity index (χ1) is 15.9. The molecule has 2 aliphatic carbocycles. The number of hydrogen-bond acceptors (Lipinski definition) is 0. The predicted molar refractivity (Wildman–Crippen MR) is 142 cm³/mol. The molecular formula is C30H28P2. The van der Waals surface area contributed by atoms with Gasteiger partial charge in [-0.05, 0) is 73.1 Å². The van der Waals surface area contributed by atoms with E-state index in [1.54, 1.807) is 21.2 Å². The molecule has 0 saturated heterocycles. The lowest BCUT2D eigenvalue weighted by molar-refractivity contribution is 0.721. The van der Waals surface area contributed by atoms with E-state index < -0.39 is 0 Å². The van der Waals surface area contributed by atoms with Crippen molar-refractivity contribution in [1.29, 1.82) is 0 Å². The topological polar surface area (TPSA) is 0 Å². The van der Waals surface area contributed by atoms with Crippen LogP contribution in [0.2, 0.25) is 0 Å². The van der Waals surface area contributed by atoms with Gasteiger partial charge in [-0.15, -0.1) is 0 Å². The summed E-state index contributed by atoms with van der Waals surface area (Å²) in [6, 6.07) is 45.5. The monoisotopic (exact) mass is 450 g/mol. The molecule has 6 rings (SSSR count). The standard InChI is InChI=1S/C30H28P2/c1-5-13-24(14-6-1)31(25-15-7-2-8-16-25)29-28(23-21-22-23)30(29)32(26-17-9-3-10-18-26)27-19-11-4-12-20-27/h1-20,23,28-30H,21-22H2. The minimum absolute atomic E-state index is 0.367. The largest absolute Gasteiger partial charge is 0.0622 e. The smallest absolute Gasteiger partial charge is 0.00147 e. The summed E-state index contributed by atoms with van der Waals surface area (Å²) >= 11 is 0. The fourth-order valence-electron chi connectivity index (χ4n) is 5.33. The Morgan fingerprint density at radius 3 is 0.938 bits per heavy atom. The van der Waals surface area contributed by atoms with E-state index in [4.69, 9.17) is 0 Å². The Hall–Kier alpha value is -2.26. The zero-order chi connectivity index (χ0) is 21.3. The van der Waals surface area contributed by atoms with E-state index in [0.717, 1.165) is 23.2 Å². The lowest BCUT2D eigenvalue weighted by Gasteiger charge is -2.23. The molecule has 2 unspecified atom stereocenters. The summed E-state index contributed by atoms with van der Waals surface area (Å²) in [5.74, 6) is 1.79. The van der Waals surface area contributed by atoms with Crippen molar-refractivity contribution in [2.24, 2.45) is 11.8 Å². The summed E-state index contributed by atoms with van der Waals surface area (Å²) < 4.78 is 0. The van der Waals surface area contributed by atoms with Crippen molar-refractivity contribution in [1.82, 2.24) is 0 Å². The summed E-state index contributed by atoms with van der Waals surface area (Å²) in [7, 11) is -0.734. The molecule has 0 aliphatic heterocycles. The third-order valence-electron chi connectivity index (χ3n) is 6.90. The molecule has 0 spiro atoms. The molecule has 2 heteroatoms. The molecular weight excluding hydrogens is 422 g/mol. The van der Waals surface area contributed by atoms with Crippen LogP contribution in [0.1, 0.15) is 12.8 Å². The van der Waals surface area contributed by atoms with E-state index in [1.807, 2.05) is 0 Å². The molecule has 32 heavy (non-hydrogen) atoms. The Bertz CT molecular complexity index is 973. The normalized spacial score (nSPS) is 22.2. The third kappa shape index (κ3) is 3.96. The van der Waals surface area contributed by atoms with Crippen LogP contribution in [0, 0.1) is 11.8 Å². The average Bonchev–Trinajstić information content (AvgIpc) is 3.79. The summed E-state index contributed by atoms with van der Waals surface area (Å²) in [6.07, 6.45) is 2.86. The lowest BCUT2D eigenvalue weighted by Crippen LogP contribution is -2.19. The van der Waals surface area contributed by atoms with E-state index in [0.29, 0.717) is 0 Å². The quantitative estimate of drug-likeness (QED) is 0.302. The van der Waals surface area contributed by atoms with Crippen molar-refractivity contribution >= 4 is 37.1 Å². The second-order valence-electron chi connectivity index (χ2n) is 8.98. The molecule has 4 aromatic rings. The maximum Gasteiger partial charge on any atom is -0.00147 e. The number of benzene rings is 4. The van der Waals surface area contributed by atoms with Gasteiger partial charge in [0.2, 0.25) is 0 Å². The Labute approximate surface area is 194 Å². The molecule has 0 nitrogen and oxygen atoms in total. The van der Waals surface area contributed by atoms with E-state index in [2.05, 4.69) is 121 Å². The summed E-state index contributed by atoms with van der Waals surface area (Å²) in [6.45, 7) is 0. The van der Waals surface area contributed by atoms with E-state index in [1.165, 1.54) is 12.8 Å². The molecule has 2 saturated carbocycles. The highest BCUT2D eigenvalue weighted by atomic mass is 31.1. The zero-order valence-electron chi connectivity index (χ0n) is 18.2. The molecule has 0 aromatic heterocycles. The summed E-state index contributed by atoms with van der Waals surface area (Å²) in [4.78, 5) is 0. The van der Waals surface area contributed by atoms with Crippen LogP contribution in [0.3, 0.4) is 0 Å². The van der Waals surface area contributed by atoms with Gasteiger partial charge in [-0.3, -0.25) is 0 Å². The van der Waals surface area contributed by atoms with Gasteiger partial charge in [0.25, 0.3) is 0 Å². The minimum atomic E-state index is -0.367. The first kappa shape index (κ1) is 20.4. The maximum atomic E-state index is 2.38. The SMILES string of the molecule is c1ccc(P(c2ccccc2)C2C(C3CC3)C2P(c2ccccc2)c2ccccc2)cc1. The molecule has 2 aliphatic rings. The second-order valence-corrected chi connectivity index (χ2v) is 13.7. The summed E-state index contributed by atoms with van der Waals surface area (Å²) in [5.41, 5.74) is 1.54. The van der Waals surface area contributed by atoms with Crippen molar-refractivity contribution in [3.8, 4) is 0 Å². The summed E-state index contributed by atoms with van der Waals surface area (Å²) in [5, 5.41) is 6.18. The van der Waals surface area contributed by atoms with Crippen molar-refractivity contribution in [3.05, 3.63) is 121 Å². The molecule has 0 amide bonds. The highest BCUT2D eigenvalue weighted by molar-refractivity contribution is 7.78. The Kier molecular flexibility index (Phi) is 5.69. The molecule has 158 valence electrons. The minimum Gasteiger partial charge on any atom is -0.0622 e. The van der Waals surface area contributed by atoms with Crippen LogP contribution in [0.5, 0.6) is 0 Å². The van der Waals surface area contributed by atoms with Crippen molar-refractivity contribution in [2.75, 3.05) is 0 Å². The first-order valence-corrected chi connectivity index (χ1v) is 14.5. The van der Waals surface area contributed by atoms with E-state index in [-0.39, 0.29) is 15.8 Å². The maximum absolute atomic E-state index is 2.38. The van der Waals surface area contributed by atoms with Gasteiger partial charge >= 0.3 is 0 Å². The highest BCUT2D eigenvalue weighted by Gasteiger charge is 2.63. The van der Waals surface area contributed by atoms with Gasteiger partial charge in [0.15, 0.2) is 0 Å². The van der Waals surface area contributed by atoms with Crippen molar-refractivity contribution < 1.29 is 0 Å². The molecule has 0 N–H and O–H groups in total. The Morgan fingerprint density at radius 2 is 0.688 bits per heavy atom. The second kappa shape index (κ2) is 8.94. The molecule has 0 bridgehead atoms. The van der Waals surface area contributed by atoms with E-state index >= 15 is 0 Å². The molecule has 2 fully saturated rings. The van der Waals surface area contributed by atoms with Crippen molar-refractivity contribution in [2.45, 2.75) is 24.2 Å². The third-order valence-corrected chi connectivity index (χ3v) is 13.1. The van der Waals surface area contributed by atoms with Crippen LogP contribution in [0.25, 0.3) is 0 Å². The zero-order valence-corrected chi connectivity index (χ0v) is 20.0. The molecule has 0 heterocycles. The fourth-order valence-corrected chi connectivity index (χ4v) is 12.6. The molecule has 0 radical (unpaired) electrons.